The number of nitrogens with one attached hydrogen (secondary N) is 2. The van der Waals surface area contributed by atoms with Crippen molar-refractivity contribution in [1.82, 2.24) is 25.8 Å². The van der Waals surface area contributed by atoms with Gasteiger partial charge in [-0.3, -0.25) is 4.98 Å². The first-order valence-corrected chi connectivity index (χ1v) is 11.2. The third kappa shape index (κ3) is 6.29. The van der Waals surface area contributed by atoms with Crippen LogP contribution < -0.4 is 15.4 Å². The van der Waals surface area contributed by atoms with Gasteiger partial charge in [-0.05, 0) is 56.4 Å². The van der Waals surface area contributed by atoms with Crippen LogP contribution in [-0.2, 0) is 13.0 Å². The van der Waals surface area contributed by atoms with Crippen LogP contribution in [0.2, 0.25) is 0 Å². The first-order chi connectivity index (χ1) is 15.7. The summed E-state index contributed by atoms with van der Waals surface area (Å²) in [7, 11) is 0. The molecular formula is C24H30N6O2. The number of benzene rings is 1. The van der Waals surface area contributed by atoms with E-state index in [0.29, 0.717) is 42.8 Å². The van der Waals surface area contributed by atoms with Crippen LogP contribution >= 0.6 is 0 Å². The van der Waals surface area contributed by atoms with Gasteiger partial charge in [-0.25, -0.2) is 4.99 Å². The number of rotatable bonds is 10. The van der Waals surface area contributed by atoms with Crippen molar-refractivity contribution < 1.29 is 9.26 Å². The Morgan fingerprint density at radius 1 is 1.22 bits per heavy atom. The number of guanidine groups is 1. The lowest BCUT2D eigenvalue weighted by molar-refractivity contribution is 0.296. The number of hydrogen-bond acceptors (Lipinski definition) is 6. The van der Waals surface area contributed by atoms with E-state index in [0.717, 1.165) is 30.4 Å². The van der Waals surface area contributed by atoms with Gasteiger partial charge in [0.05, 0.1) is 13.2 Å². The number of pyridine rings is 1. The molecule has 8 heteroatoms. The predicted molar refractivity (Wildman–Crippen MR) is 123 cm³/mol. The zero-order valence-corrected chi connectivity index (χ0v) is 18.7. The summed E-state index contributed by atoms with van der Waals surface area (Å²) < 4.78 is 11.4. The Labute approximate surface area is 188 Å². The number of aromatic nitrogens is 3. The zero-order valence-electron chi connectivity index (χ0n) is 18.7. The van der Waals surface area contributed by atoms with Crippen molar-refractivity contribution in [2.45, 2.75) is 39.7 Å². The molecule has 3 aromatic rings. The van der Waals surface area contributed by atoms with Crippen LogP contribution in [-0.4, -0.2) is 40.8 Å². The number of hydrogen-bond donors (Lipinski definition) is 2. The van der Waals surface area contributed by atoms with E-state index in [-0.39, 0.29) is 0 Å². The van der Waals surface area contributed by atoms with Crippen molar-refractivity contribution in [2.24, 2.45) is 10.9 Å². The van der Waals surface area contributed by atoms with Crippen LogP contribution in [0.15, 0.2) is 52.1 Å². The van der Waals surface area contributed by atoms with Crippen LogP contribution in [0.5, 0.6) is 5.75 Å². The van der Waals surface area contributed by atoms with E-state index in [1.807, 2.05) is 25.1 Å². The zero-order chi connectivity index (χ0) is 22.2. The molecular weight excluding hydrogens is 404 g/mol. The van der Waals surface area contributed by atoms with Crippen LogP contribution in [0.25, 0.3) is 11.6 Å². The highest BCUT2D eigenvalue weighted by atomic mass is 16.5. The molecule has 1 aromatic carbocycles. The lowest BCUT2D eigenvalue weighted by Gasteiger charge is -2.13. The molecule has 2 heterocycles. The molecule has 4 rings (SSSR count). The third-order valence-electron chi connectivity index (χ3n) is 5.14. The SMILES string of the molecule is CCNC(=NCc1ccc(C)cc1OCC1CC1)NCCc1noc(-c2ccccn2)n1. The highest BCUT2D eigenvalue weighted by Crippen LogP contribution is 2.31. The molecule has 0 atom stereocenters. The van der Waals surface area contributed by atoms with Crippen LogP contribution in [0.1, 0.15) is 36.7 Å². The Kier molecular flexibility index (Phi) is 7.32. The maximum absolute atomic E-state index is 6.07. The molecule has 0 aliphatic heterocycles. The molecule has 1 fully saturated rings. The minimum atomic E-state index is 0.430. The summed E-state index contributed by atoms with van der Waals surface area (Å²) in [6.07, 6.45) is 4.87. The van der Waals surface area contributed by atoms with E-state index >= 15 is 0 Å². The number of aliphatic imine (C=N–C) groups is 1. The van der Waals surface area contributed by atoms with Crippen molar-refractivity contribution >= 4 is 5.96 Å². The maximum atomic E-state index is 6.07. The summed E-state index contributed by atoms with van der Waals surface area (Å²) >= 11 is 0. The number of aryl methyl sites for hydroxylation is 1. The van der Waals surface area contributed by atoms with Gasteiger partial charge in [-0.1, -0.05) is 23.4 Å². The third-order valence-corrected chi connectivity index (χ3v) is 5.14. The highest BCUT2D eigenvalue weighted by molar-refractivity contribution is 5.79. The molecule has 0 bridgehead atoms. The summed E-state index contributed by atoms with van der Waals surface area (Å²) in [5, 5.41) is 10.7. The molecule has 168 valence electrons. The van der Waals surface area contributed by atoms with Gasteiger partial charge in [0.15, 0.2) is 11.8 Å². The molecule has 0 unspecified atom stereocenters. The highest BCUT2D eigenvalue weighted by Gasteiger charge is 2.22. The van der Waals surface area contributed by atoms with Gasteiger partial charge in [0.25, 0.3) is 5.89 Å². The van der Waals surface area contributed by atoms with Gasteiger partial charge in [-0.2, -0.15) is 4.98 Å². The Hall–Kier alpha value is -3.42. The molecule has 1 saturated carbocycles. The Balaban J connectivity index is 1.33. The number of ether oxygens (including phenoxy) is 1. The first kappa shape index (κ1) is 21.8. The average Bonchev–Trinajstić information content (AvgIpc) is 3.53. The van der Waals surface area contributed by atoms with E-state index < -0.39 is 0 Å². The van der Waals surface area contributed by atoms with Gasteiger partial charge in [0.2, 0.25) is 0 Å². The van der Waals surface area contributed by atoms with Crippen molar-refractivity contribution in [3.63, 3.8) is 0 Å². The monoisotopic (exact) mass is 434 g/mol. The molecule has 0 saturated heterocycles. The molecule has 0 amide bonds. The van der Waals surface area contributed by atoms with Gasteiger partial charge < -0.3 is 19.9 Å². The molecule has 0 spiro atoms. The molecule has 0 radical (unpaired) electrons. The second-order valence-corrected chi connectivity index (χ2v) is 7.97. The summed E-state index contributed by atoms with van der Waals surface area (Å²) in [5.41, 5.74) is 2.96. The average molecular weight is 435 g/mol. The van der Waals surface area contributed by atoms with Gasteiger partial charge in [0.1, 0.15) is 11.4 Å². The fraction of sp³-hybridized carbons (Fsp3) is 0.417. The number of nitrogens with zero attached hydrogens (tertiary/aromatic N) is 4. The fourth-order valence-corrected chi connectivity index (χ4v) is 3.17. The molecule has 2 aromatic heterocycles. The predicted octanol–water partition coefficient (Wildman–Crippen LogP) is 3.53. The Morgan fingerprint density at radius 2 is 2.12 bits per heavy atom. The van der Waals surface area contributed by atoms with Crippen LogP contribution in [0, 0.1) is 12.8 Å². The fourth-order valence-electron chi connectivity index (χ4n) is 3.17. The molecule has 32 heavy (non-hydrogen) atoms. The van der Waals surface area contributed by atoms with Crippen molar-refractivity contribution in [3.8, 4) is 17.3 Å². The molecule has 1 aliphatic carbocycles. The summed E-state index contributed by atoms with van der Waals surface area (Å²) in [5.74, 6) is 3.46. The summed E-state index contributed by atoms with van der Waals surface area (Å²) in [4.78, 5) is 13.4. The quantitative estimate of drug-likeness (QED) is 0.372. The topological polar surface area (TPSA) is 97.5 Å². The van der Waals surface area contributed by atoms with Crippen molar-refractivity contribution in [3.05, 3.63) is 59.5 Å². The second-order valence-electron chi connectivity index (χ2n) is 7.97. The minimum Gasteiger partial charge on any atom is -0.493 e. The normalized spacial score (nSPS) is 13.8. The van der Waals surface area contributed by atoms with E-state index in [1.54, 1.807) is 6.20 Å². The van der Waals surface area contributed by atoms with E-state index in [4.69, 9.17) is 14.3 Å². The smallest absolute Gasteiger partial charge is 0.276 e. The Bertz CT molecular complexity index is 1030. The van der Waals surface area contributed by atoms with E-state index in [9.17, 15) is 0 Å². The minimum absolute atomic E-state index is 0.430. The van der Waals surface area contributed by atoms with Crippen molar-refractivity contribution in [2.75, 3.05) is 19.7 Å². The largest absolute Gasteiger partial charge is 0.493 e. The lowest BCUT2D eigenvalue weighted by atomic mass is 10.1. The van der Waals surface area contributed by atoms with Gasteiger partial charge in [-0.15, -0.1) is 0 Å². The van der Waals surface area contributed by atoms with Crippen LogP contribution in [0.4, 0.5) is 0 Å². The second kappa shape index (κ2) is 10.7. The molecule has 8 nitrogen and oxygen atoms in total. The Morgan fingerprint density at radius 3 is 2.91 bits per heavy atom. The van der Waals surface area contributed by atoms with Gasteiger partial charge >= 0.3 is 0 Å². The summed E-state index contributed by atoms with van der Waals surface area (Å²) in [6.45, 7) is 6.87. The van der Waals surface area contributed by atoms with E-state index in [2.05, 4.69) is 50.9 Å². The summed E-state index contributed by atoms with van der Waals surface area (Å²) in [6, 6.07) is 11.9. The van der Waals surface area contributed by atoms with E-state index in [1.165, 1.54) is 18.4 Å². The van der Waals surface area contributed by atoms with Crippen LogP contribution in [0.3, 0.4) is 0 Å². The lowest BCUT2D eigenvalue weighted by Crippen LogP contribution is -2.38. The molecule has 2 N–H and O–H groups in total. The molecule has 1 aliphatic rings. The maximum Gasteiger partial charge on any atom is 0.276 e. The first-order valence-electron chi connectivity index (χ1n) is 11.2. The van der Waals surface area contributed by atoms with Gasteiger partial charge in [0, 0.05) is 31.3 Å². The van der Waals surface area contributed by atoms with Crippen molar-refractivity contribution in [1.29, 1.82) is 0 Å². The standard InChI is InChI=1S/C24H30N6O2/c1-3-25-24(27-13-11-22-29-23(32-30-22)20-6-4-5-12-26-20)28-15-19-10-7-17(2)14-21(19)31-16-18-8-9-18/h4-7,10,12,14,18H,3,8-9,11,13,15-16H2,1-2H3,(H2,25,27,28).